The minimum Gasteiger partial charge on any atom is -0.370 e. The Balaban J connectivity index is 2.24. The van der Waals surface area contributed by atoms with Gasteiger partial charge in [0.05, 0.1) is 0 Å². The molecule has 0 amide bonds. The van der Waals surface area contributed by atoms with Crippen LogP contribution in [-0.4, -0.2) is 5.96 Å². The average Bonchev–Trinajstić information content (AvgIpc) is 2.58. The van der Waals surface area contributed by atoms with E-state index >= 15 is 0 Å². The van der Waals surface area contributed by atoms with Gasteiger partial charge < -0.3 is 11.1 Å². The smallest absolute Gasteiger partial charge is 0.190 e. The summed E-state index contributed by atoms with van der Waals surface area (Å²) < 4.78 is 0. The molecule has 3 heteroatoms. The molecular weight excluding hydrogens is 282 g/mol. The molecule has 0 unspecified atom stereocenters. The SMILES string of the molecule is Cc1c(NC(=N)N)ccc(-c2ccccc2)c1-c1ccccc1. The second-order valence-corrected chi connectivity index (χ2v) is 5.43. The normalized spacial score (nSPS) is 10.3. The lowest BCUT2D eigenvalue weighted by molar-refractivity contribution is 1.38. The highest BCUT2D eigenvalue weighted by atomic mass is 15.0. The molecule has 0 bridgehead atoms. The maximum absolute atomic E-state index is 7.49. The zero-order chi connectivity index (χ0) is 16.2. The van der Waals surface area contributed by atoms with Crippen LogP contribution in [0.4, 0.5) is 5.69 Å². The van der Waals surface area contributed by atoms with Crippen LogP contribution in [0.2, 0.25) is 0 Å². The molecule has 3 nitrogen and oxygen atoms in total. The average molecular weight is 301 g/mol. The van der Waals surface area contributed by atoms with E-state index in [4.69, 9.17) is 11.1 Å². The molecule has 0 aromatic heterocycles. The van der Waals surface area contributed by atoms with E-state index in [-0.39, 0.29) is 5.96 Å². The number of benzene rings is 3. The van der Waals surface area contributed by atoms with E-state index in [1.54, 1.807) is 0 Å². The van der Waals surface area contributed by atoms with E-state index in [9.17, 15) is 0 Å². The second kappa shape index (κ2) is 6.36. The summed E-state index contributed by atoms with van der Waals surface area (Å²) in [7, 11) is 0. The van der Waals surface area contributed by atoms with E-state index in [1.807, 2.05) is 42.5 Å². The van der Waals surface area contributed by atoms with Crippen molar-refractivity contribution in [2.24, 2.45) is 5.73 Å². The summed E-state index contributed by atoms with van der Waals surface area (Å²) in [5, 5.41) is 10.4. The first-order valence-corrected chi connectivity index (χ1v) is 7.52. The van der Waals surface area contributed by atoms with Gasteiger partial charge in [-0.15, -0.1) is 0 Å². The minimum atomic E-state index is -0.0560. The van der Waals surface area contributed by atoms with Gasteiger partial charge in [-0.1, -0.05) is 66.7 Å². The van der Waals surface area contributed by atoms with Crippen molar-refractivity contribution in [2.75, 3.05) is 5.32 Å². The van der Waals surface area contributed by atoms with Crippen molar-refractivity contribution in [3.8, 4) is 22.3 Å². The maximum Gasteiger partial charge on any atom is 0.190 e. The maximum atomic E-state index is 7.49. The number of rotatable bonds is 3. The lowest BCUT2D eigenvalue weighted by atomic mass is 9.90. The molecule has 0 aliphatic carbocycles. The van der Waals surface area contributed by atoms with E-state index < -0.39 is 0 Å². The molecule has 23 heavy (non-hydrogen) atoms. The number of nitrogens with two attached hydrogens (primary N) is 1. The van der Waals surface area contributed by atoms with Gasteiger partial charge in [0.25, 0.3) is 0 Å². The Bertz CT molecular complexity index is 824. The fourth-order valence-corrected chi connectivity index (χ4v) is 2.83. The summed E-state index contributed by atoms with van der Waals surface area (Å²) in [6.07, 6.45) is 0. The molecule has 0 aliphatic rings. The molecule has 3 rings (SSSR count). The molecule has 0 heterocycles. The molecule has 0 fully saturated rings. The van der Waals surface area contributed by atoms with Crippen LogP contribution in [-0.2, 0) is 0 Å². The van der Waals surface area contributed by atoms with Gasteiger partial charge in [0.1, 0.15) is 0 Å². The zero-order valence-corrected chi connectivity index (χ0v) is 13.0. The number of nitrogens with one attached hydrogen (secondary N) is 2. The molecular formula is C20H19N3. The molecule has 3 aromatic rings. The third kappa shape index (κ3) is 3.09. The molecule has 0 saturated carbocycles. The first kappa shape index (κ1) is 14.9. The summed E-state index contributed by atoms with van der Waals surface area (Å²) in [5.41, 5.74) is 12.1. The minimum absolute atomic E-state index is 0.0560. The second-order valence-electron chi connectivity index (χ2n) is 5.43. The predicted octanol–water partition coefficient (Wildman–Crippen LogP) is 4.63. The molecule has 0 spiro atoms. The summed E-state index contributed by atoms with van der Waals surface area (Å²) in [5.74, 6) is -0.0560. The Morgan fingerprint density at radius 2 is 1.39 bits per heavy atom. The lowest BCUT2D eigenvalue weighted by Gasteiger charge is -2.17. The van der Waals surface area contributed by atoms with Crippen molar-refractivity contribution in [3.63, 3.8) is 0 Å². The van der Waals surface area contributed by atoms with Crippen LogP contribution in [0.1, 0.15) is 5.56 Å². The lowest BCUT2D eigenvalue weighted by Crippen LogP contribution is -2.21. The van der Waals surface area contributed by atoms with E-state index in [0.29, 0.717) is 0 Å². The highest BCUT2D eigenvalue weighted by molar-refractivity contribution is 5.95. The molecule has 0 aliphatic heterocycles. The van der Waals surface area contributed by atoms with Crippen LogP contribution in [0.3, 0.4) is 0 Å². The molecule has 0 atom stereocenters. The molecule has 0 saturated heterocycles. The van der Waals surface area contributed by atoms with Gasteiger partial charge in [-0.2, -0.15) is 0 Å². The quantitative estimate of drug-likeness (QED) is 0.487. The first-order valence-electron chi connectivity index (χ1n) is 7.52. The standard InChI is InChI=1S/C20H19N3/c1-14-18(23-20(21)22)13-12-17(15-8-4-2-5-9-15)19(14)16-10-6-3-7-11-16/h2-13H,1H3,(H4,21,22,23). The van der Waals surface area contributed by atoms with Gasteiger partial charge >= 0.3 is 0 Å². The predicted molar refractivity (Wildman–Crippen MR) is 97.6 cm³/mol. The molecule has 0 radical (unpaired) electrons. The van der Waals surface area contributed by atoms with Crippen LogP contribution in [0.25, 0.3) is 22.3 Å². The van der Waals surface area contributed by atoms with Crippen LogP contribution >= 0.6 is 0 Å². The number of hydrogen-bond donors (Lipinski definition) is 3. The van der Waals surface area contributed by atoms with Crippen molar-refractivity contribution in [1.82, 2.24) is 0 Å². The Hall–Kier alpha value is -3.07. The van der Waals surface area contributed by atoms with Gasteiger partial charge in [0.2, 0.25) is 0 Å². The third-order valence-electron chi connectivity index (χ3n) is 3.88. The zero-order valence-electron chi connectivity index (χ0n) is 13.0. The summed E-state index contributed by atoms with van der Waals surface area (Å²) >= 11 is 0. The van der Waals surface area contributed by atoms with E-state index in [2.05, 4.69) is 42.6 Å². The van der Waals surface area contributed by atoms with Crippen molar-refractivity contribution in [1.29, 1.82) is 5.41 Å². The number of hydrogen-bond acceptors (Lipinski definition) is 1. The number of anilines is 1. The van der Waals surface area contributed by atoms with Crippen molar-refractivity contribution in [3.05, 3.63) is 78.4 Å². The Kier molecular flexibility index (Phi) is 4.11. The number of guanidine groups is 1. The van der Waals surface area contributed by atoms with E-state index in [1.165, 1.54) is 11.1 Å². The van der Waals surface area contributed by atoms with Gasteiger partial charge in [-0.25, -0.2) is 0 Å². The summed E-state index contributed by atoms with van der Waals surface area (Å²) in [6.45, 7) is 2.06. The Morgan fingerprint density at radius 3 is 1.96 bits per heavy atom. The molecule has 3 aromatic carbocycles. The largest absolute Gasteiger partial charge is 0.370 e. The van der Waals surface area contributed by atoms with Crippen molar-refractivity contribution >= 4 is 11.6 Å². The highest BCUT2D eigenvalue weighted by Gasteiger charge is 2.13. The Morgan fingerprint density at radius 1 is 0.826 bits per heavy atom. The van der Waals surface area contributed by atoms with Crippen molar-refractivity contribution in [2.45, 2.75) is 6.92 Å². The van der Waals surface area contributed by atoms with Gasteiger partial charge in [0, 0.05) is 5.69 Å². The Labute approximate surface area is 136 Å². The van der Waals surface area contributed by atoms with Crippen LogP contribution < -0.4 is 11.1 Å². The van der Waals surface area contributed by atoms with E-state index in [0.717, 1.165) is 22.4 Å². The van der Waals surface area contributed by atoms with Gasteiger partial charge in [-0.3, -0.25) is 5.41 Å². The molecule has 4 N–H and O–H groups in total. The fourth-order valence-electron chi connectivity index (χ4n) is 2.83. The highest BCUT2D eigenvalue weighted by Crippen LogP contribution is 2.37. The summed E-state index contributed by atoms with van der Waals surface area (Å²) in [4.78, 5) is 0. The van der Waals surface area contributed by atoms with Gasteiger partial charge in [-0.05, 0) is 40.8 Å². The summed E-state index contributed by atoms with van der Waals surface area (Å²) in [6, 6.07) is 24.7. The van der Waals surface area contributed by atoms with Crippen LogP contribution in [0.15, 0.2) is 72.8 Å². The van der Waals surface area contributed by atoms with Gasteiger partial charge in [0.15, 0.2) is 5.96 Å². The third-order valence-corrected chi connectivity index (χ3v) is 3.88. The fraction of sp³-hybridized carbons (Fsp3) is 0.0500. The van der Waals surface area contributed by atoms with Crippen LogP contribution in [0.5, 0.6) is 0 Å². The monoisotopic (exact) mass is 301 g/mol. The van der Waals surface area contributed by atoms with Crippen molar-refractivity contribution < 1.29 is 0 Å². The topological polar surface area (TPSA) is 61.9 Å². The first-order chi connectivity index (χ1) is 11.2. The molecule has 114 valence electrons. The van der Waals surface area contributed by atoms with Crippen LogP contribution in [0, 0.1) is 12.3 Å².